The quantitative estimate of drug-likeness (QED) is 0.491. The van der Waals surface area contributed by atoms with Gasteiger partial charge in [0.25, 0.3) is 15.7 Å². The monoisotopic (exact) mass is 324 g/mol. The molecule has 0 fully saturated rings. The second-order valence-corrected chi connectivity index (χ2v) is 5.88. The van der Waals surface area contributed by atoms with Gasteiger partial charge in [-0.2, -0.15) is 8.42 Å². The van der Waals surface area contributed by atoms with Gasteiger partial charge in [0.1, 0.15) is 5.17 Å². The van der Waals surface area contributed by atoms with E-state index in [4.69, 9.17) is 11.6 Å². The maximum absolute atomic E-state index is 12.2. The van der Waals surface area contributed by atoms with Gasteiger partial charge >= 0.3 is 0 Å². The molecule has 0 aromatic heterocycles. The summed E-state index contributed by atoms with van der Waals surface area (Å²) in [5, 5.41) is 10.6. The summed E-state index contributed by atoms with van der Waals surface area (Å²) in [7, 11) is -4.27. The summed E-state index contributed by atoms with van der Waals surface area (Å²) < 4.78 is 27.8. The van der Waals surface area contributed by atoms with Crippen LogP contribution in [0.3, 0.4) is 0 Å². The molecule has 0 aliphatic heterocycles. The minimum atomic E-state index is -4.27. The third kappa shape index (κ3) is 3.45. The van der Waals surface area contributed by atoms with Crippen molar-refractivity contribution in [1.82, 2.24) is 0 Å². The van der Waals surface area contributed by atoms with Crippen molar-refractivity contribution in [2.45, 2.75) is 4.90 Å². The summed E-state index contributed by atoms with van der Waals surface area (Å²) in [4.78, 5) is 9.61. The van der Waals surface area contributed by atoms with Gasteiger partial charge in [0.2, 0.25) is 0 Å². The Bertz CT molecular complexity index is 804. The number of hydrogen-bond acceptors (Lipinski definition) is 4. The molecular formula is C13H9ClN2O4S. The number of nitrogens with zero attached hydrogens (tertiary/aromatic N) is 2. The molecule has 0 unspecified atom stereocenters. The first-order valence-electron chi connectivity index (χ1n) is 5.71. The van der Waals surface area contributed by atoms with Gasteiger partial charge in [-0.3, -0.25) is 10.1 Å². The van der Waals surface area contributed by atoms with E-state index in [1.54, 1.807) is 30.3 Å². The molecule has 8 heteroatoms. The molecule has 0 aliphatic carbocycles. The lowest BCUT2D eigenvalue weighted by molar-refractivity contribution is -0.387. The van der Waals surface area contributed by atoms with Crippen LogP contribution in [0.2, 0.25) is 0 Å². The standard InChI is InChI=1S/C13H9ClN2O4S/c14-13(10-6-2-1-3-7-10)15-21(19,20)12-9-5-4-8-11(12)16(17)18/h1-9H/b15-13+. The van der Waals surface area contributed by atoms with Crippen molar-refractivity contribution in [3.8, 4) is 0 Å². The van der Waals surface area contributed by atoms with E-state index < -0.39 is 25.5 Å². The zero-order valence-corrected chi connectivity index (χ0v) is 12.1. The highest BCUT2D eigenvalue weighted by Gasteiger charge is 2.25. The molecule has 0 amide bonds. The molecule has 21 heavy (non-hydrogen) atoms. The van der Waals surface area contributed by atoms with Crippen LogP contribution in [0.25, 0.3) is 0 Å². The molecule has 0 saturated heterocycles. The highest BCUT2D eigenvalue weighted by molar-refractivity contribution is 7.90. The fourth-order valence-electron chi connectivity index (χ4n) is 1.61. The van der Waals surface area contributed by atoms with Gasteiger partial charge in [-0.25, -0.2) is 0 Å². The highest BCUT2D eigenvalue weighted by Crippen LogP contribution is 2.25. The van der Waals surface area contributed by atoms with E-state index in [0.29, 0.717) is 5.56 Å². The SMILES string of the molecule is O=[N+]([O-])c1ccccc1S(=O)(=O)/N=C(/Cl)c1ccccc1. The number of hydrogen-bond donors (Lipinski definition) is 0. The Labute approximate surface area is 125 Å². The van der Waals surface area contributed by atoms with Gasteiger partial charge in [0, 0.05) is 11.6 Å². The molecule has 0 saturated carbocycles. The van der Waals surface area contributed by atoms with Crippen molar-refractivity contribution in [1.29, 1.82) is 0 Å². The van der Waals surface area contributed by atoms with Gasteiger partial charge in [0.15, 0.2) is 4.90 Å². The van der Waals surface area contributed by atoms with E-state index in [0.717, 1.165) is 12.1 Å². The predicted octanol–water partition coefficient (Wildman–Crippen LogP) is 2.97. The van der Waals surface area contributed by atoms with Crippen molar-refractivity contribution in [2.24, 2.45) is 4.40 Å². The fraction of sp³-hybridized carbons (Fsp3) is 0. The summed E-state index contributed by atoms with van der Waals surface area (Å²) in [6, 6.07) is 13.2. The summed E-state index contributed by atoms with van der Waals surface area (Å²) in [6.45, 7) is 0. The third-order valence-electron chi connectivity index (χ3n) is 2.55. The van der Waals surface area contributed by atoms with E-state index in [9.17, 15) is 18.5 Å². The summed E-state index contributed by atoms with van der Waals surface area (Å²) in [6.07, 6.45) is 0. The van der Waals surface area contributed by atoms with Crippen LogP contribution in [0.15, 0.2) is 63.9 Å². The number of halogens is 1. The maximum Gasteiger partial charge on any atom is 0.290 e. The van der Waals surface area contributed by atoms with Crippen molar-refractivity contribution in [2.75, 3.05) is 0 Å². The molecule has 0 radical (unpaired) electrons. The minimum Gasteiger partial charge on any atom is -0.258 e. The fourth-order valence-corrected chi connectivity index (χ4v) is 3.08. The molecule has 6 nitrogen and oxygen atoms in total. The Kier molecular flexibility index (Phi) is 4.35. The van der Waals surface area contributed by atoms with Gasteiger partial charge in [-0.1, -0.05) is 54.1 Å². The van der Waals surface area contributed by atoms with E-state index in [1.165, 1.54) is 12.1 Å². The van der Waals surface area contributed by atoms with Crippen molar-refractivity contribution in [3.63, 3.8) is 0 Å². The van der Waals surface area contributed by atoms with Crippen LogP contribution in [-0.4, -0.2) is 18.5 Å². The van der Waals surface area contributed by atoms with Gasteiger partial charge in [0.05, 0.1) is 4.92 Å². The number of rotatable bonds is 4. The molecule has 108 valence electrons. The zero-order chi connectivity index (χ0) is 15.5. The Morgan fingerprint density at radius 1 is 1.05 bits per heavy atom. The molecule has 2 rings (SSSR count). The normalized spacial score (nSPS) is 12.1. The predicted molar refractivity (Wildman–Crippen MR) is 79.1 cm³/mol. The van der Waals surface area contributed by atoms with Gasteiger partial charge in [-0.05, 0) is 6.07 Å². The Morgan fingerprint density at radius 2 is 1.62 bits per heavy atom. The van der Waals surface area contributed by atoms with E-state index in [1.807, 2.05) is 0 Å². The van der Waals surface area contributed by atoms with Gasteiger partial charge < -0.3 is 0 Å². The Balaban J connectivity index is 2.52. The molecule has 0 heterocycles. The Hall–Kier alpha value is -2.25. The largest absolute Gasteiger partial charge is 0.290 e. The molecule has 0 N–H and O–H groups in total. The summed E-state index contributed by atoms with van der Waals surface area (Å²) in [5.74, 6) is 0. The van der Waals surface area contributed by atoms with Crippen molar-refractivity contribution >= 4 is 32.5 Å². The van der Waals surface area contributed by atoms with Crippen LogP contribution in [-0.2, 0) is 10.0 Å². The molecule has 0 atom stereocenters. The maximum atomic E-state index is 12.2. The zero-order valence-electron chi connectivity index (χ0n) is 10.5. The lowest BCUT2D eigenvalue weighted by atomic mass is 10.2. The number of nitro groups is 1. The van der Waals surface area contributed by atoms with Gasteiger partial charge in [-0.15, -0.1) is 4.40 Å². The van der Waals surface area contributed by atoms with E-state index in [-0.39, 0.29) is 5.17 Å². The second kappa shape index (κ2) is 6.02. The second-order valence-electron chi connectivity index (χ2n) is 3.95. The molecule has 0 bridgehead atoms. The average molecular weight is 325 g/mol. The molecule has 0 spiro atoms. The van der Waals surface area contributed by atoms with Crippen LogP contribution in [0.4, 0.5) is 5.69 Å². The molecule has 2 aromatic rings. The number of nitro benzene ring substituents is 1. The van der Waals surface area contributed by atoms with Crippen LogP contribution < -0.4 is 0 Å². The van der Waals surface area contributed by atoms with E-state index >= 15 is 0 Å². The van der Waals surface area contributed by atoms with Crippen LogP contribution in [0.1, 0.15) is 5.56 Å². The van der Waals surface area contributed by atoms with Crippen molar-refractivity contribution < 1.29 is 13.3 Å². The van der Waals surface area contributed by atoms with Crippen LogP contribution in [0, 0.1) is 10.1 Å². The first-order valence-corrected chi connectivity index (χ1v) is 7.53. The third-order valence-corrected chi connectivity index (χ3v) is 4.28. The van der Waals surface area contributed by atoms with Crippen LogP contribution >= 0.6 is 11.6 Å². The molecular weight excluding hydrogens is 316 g/mol. The first kappa shape index (κ1) is 15.1. The molecule has 2 aromatic carbocycles. The topological polar surface area (TPSA) is 89.6 Å². The highest BCUT2D eigenvalue weighted by atomic mass is 35.5. The lowest BCUT2D eigenvalue weighted by Crippen LogP contribution is -2.04. The summed E-state index contributed by atoms with van der Waals surface area (Å²) >= 11 is 5.87. The number of benzene rings is 2. The molecule has 0 aliphatic rings. The minimum absolute atomic E-state index is 0.256. The number of sulfonamides is 1. The average Bonchev–Trinajstić information content (AvgIpc) is 2.47. The van der Waals surface area contributed by atoms with Crippen molar-refractivity contribution in [3.05, 3.63) is 70.3 Å². The van der Waals surface area contributed by atoms with Crippen LogP contribution in [0.5, 0.6) is 0 Å². The number of para-hydroxylation sites is 1. The first-order chi connectivity index (χ1) is 9.92. The smallest absolute Gasteiger partial charge is 0.258 e. The van der Waals surface area contributed by atoms with E-state index in [2.05, 4.69) is 4.40 Å². The lowest BCUT2D eigenvalue weighted by Gasteiger charge is -2.02. The Morgan fingerprint density at radius 3 is 2.24 bits per heavy atom. The summed E-state index contributed by atoms with van der Waals surface area (Å²) in [5.41, 5.74) is -0.139.